The molecule has 2 aromatic rings. The summed E-state index contributed by atoms with van der Waals surface area (Å²) in [7, 11) is 3.25. The van der Waals surface area contributed by atoms with E-state index in [2.05, 4.69) is 4.98 Å². The van der Waals surface area contributed by atoms with Crippen LogP contribution in [0.25, 0.3) is 11.3 Å². The highest BCUT2D eigenvalue weighted by atomic mass is 16.5. The molecule has 19 heavy (non-hydrogen) atoms. The maximum atomic E-state index is 9.18. The van der Waals surface area contributed by atoms with Crippen molar-refractivity contribution < 1.29 is 14.6 Å². The largest absolute Gasteiger partial charge is 0.497 e. The standard InChI is InChI=1S/C15H17NO3/c1-10-11(9-17)4-6-14(16-10)13-8-12(18-2)5-7-15(13)19-3/h4-8,17H,9H2,1-3H3. The number of pyridine rings is 1. The Bertz CT molecular complexity index is 582. The Morgan fingerprint density at radius 2 is 1.89 bits per heavy atom. The van der Waals surface area contributed by atoms with E-state index in [0.717, 1.165) is 34.0 Å². The van der Waals surface area contributed by atoms with Crippen LogP contribution in [0.1, 0.15) is 11.3 Å². The third-order valence-corrected chi connectivity index (χ3v) is 3.05. The van der Waals surface area contributed by atoms with Crippen LogP contribution in [0.3, 0.4) is 0 Å². The first-order chi connectivity index (χ1) is 9.19. The van der Waals surface area contributed by atoms with Crippen molar-refractivity contribution in [3.05, 3.63) is 41.6 Å². The van der Waals surface area contributed by atoms with Crippen LogP contribution in [0, 0.1) is 6.92 Å². The Morgan fingerprint density at radius 1 is 1.11 bits per heavy atom. The van der Waals surface area contributed by atoms with Gasteiger partial charge in [0.2, 0.25) is 0 Å². The van der Waals surface area contributed by atoms with Crippen molar-refractivity contribution in [1.82, 2.24) is 4.98 Å². The van der Waals surface area contributed by atoms with Gasteiger partial charge in [0.05, 0.1) is 26.5 Å². The minimum atomic E-state index is -0.00560. The Balaban J connectivity index is 2.53. The summed E-state index contributed by atoms with van der Waals surface area (Å²) in [5.74, 6) is 1.49. The molecule has 0 aliphatic carbocycles. The first-order valence-corrected chi connectivity index (χ1v) is 5.99. The molecule has 0 atom stereocenters. The van der Waals surface area contributed by atoms with Gasteiger partial charge in [-0.05, 0) is 36.8 Å². The van der Waals surface area contributed by atoms with Crippen LogP contribution in [-0.4, -0.2) is 24.3 Å². The average molecular weight is 259 g/mol. The number of aryl methyl sites for hydroxylation is 1. The second-order valence-electron chi connectivity index (χ2n) is 4.17. The lowest BCUT2D eigenvalue weighted by molar-refractivity contribution is 0.280. The van der Waals surface area contributed by atoms with Crippen LogP contribution in [0.15, 0.2) is 30.3 Å². The van der Waals surface area contributed by atoms with Crippen molar-refractivity contribution in [2.75, 3.05) is 14.2 Å². The van der Waals surface area contributed by atoms with Gasteiger partial charge >= 0.3 is 0 Å². The molecule has 0 unspecified atom stereocenters. The summed E-state index contributed by atoms with van der Waals surface area (Å²) in [6, 6.07) is 9.33. The SMILES string of the molecule is COc1ccc(OC)c(-c2ccc(CO)c(C)n2)c1. The highest BCUT2D eigenvalue weighted by molar-refractivity contribution is 5.69. The van der Waals surface area contributed by atoms with Crippen LogP contribution < -0.4 is 9.47 Å². The highest BCUT2D eigenvalue weighted by Gasteiger charge is 2.10. The van der Waals surface area contributed by atoms with E-state index in [4.69, 9.17) is 9.47 Å². The van der Waals surface area contributed by atoms with Crippen molar-refractivity contribution in [2.45, 2.75) is 13.5 Å². The third kappa shape index (κ3) is 2.69. The highest BCUT2D eigenvalue weighted by Crippen LogP contribution is 2.32. The lowest BCUT2D eigenvalue weighted by Crippen LogP contribution is -1.96. The Kier molecular flexibility index (Phi) is 4.02. The molecule has 0 saturated carbocycles. The summed E-state index contributed by atoms with van der Waals surface area (Å²) in [5.41, 5.74) is 3.30. The van der Waals surface area contributed by atoms with Crippen LogP contribution >= 0.6 is 0 Å². The molecule has 1 N–H and O–H groups in total. The van der Waals surface area contributed by atoms with Gasteiger partial charge in [-0.15, -0.1) is 0 Å². The normalized spacial score (nSPS) is 10.3. The lowest BCUT2D eigenvalue weighted by Gasteiger charge is -2.11. The summed E-state index contributed by atoms with van der Waals surface area (Å²) < 4.78 is 10.6. The van der Waals surface area contributed by atoms with E-state index >= 15 is 0 Å². The molecule has 0 saturated heterocycles. The fourth-order valence-corrected chi connectivity index (χ4v) is 1.92. The van der Waals surface area contributed by atoms with E-state index in [-0.39, 0.29) is 6.61 Å². The molecule has 4 heteroatoms. The zero-order valence-corrected chi connectivity index (χ0v) is 11.3. The molecule has 0 radical (unpaired) electrons. The second kappa shape index (κ2) is 5.71. The second-order valence-corrected chi connectivity index (χ2v) is 4.17. The van der Waals surface area contributed by atoms with E-state index in [1.807, 2.05) is 37.3 Å². The first kappa shape index (κ1) is 13.4. The smallest absolute Gasteiger partial charge is 0.128 e. The van der Waals surface area contributed by atoms with Gasteiger partial charge in [0, 0.05) is 11.3 Å². The average Bonchev–Trinajstić information content (AvgIpc) is 2.46. The van der Waals surface area contributed by atoms with Gasteiger partial charge in [-0.25, -0.2) is 0 Å². The molecule has 1 aromatic carbocycles. The Labute approximate surface area is 112 Å². The van der Waals surface area contributed by atoms with Gasteiger partial charge in [0.1, 0.15) is 11.5 Å². The number of rotatable bonds is 4. The monoisotopic (exact) mass is 259 g/mol. The number of aliphatic hydroxyl groups excluding tert-OH is 1. The number of hydrogen-bond acceptors (Lipinski definition) is 4. The summed E-state index contributed by atoms with van der Waals surface area (Å²) >= 11 is 0. The van der Waals surface area contributed by atoms with Crippen LogP contribution in [0.4, 0.5) is 0 Å². The third-order valence-electron chi connectivity index (χ3n) is 3.05. The molecule has 1 heterocycles. The molecule has 0 fully saturated rings. The van der Waals surface area contributed by atoms with E-state index in [9.17, 15) is 5.11 Å². The predicted octanol–water partition coefficient (Wildman–Crippen LogP) is 2.57. The predicted molar refractivity (Wildman–Crippen MR) is 73.4 cm³/mol. The molecule has 0 aliphatic heterocycles. The van der Waals surface area contributed by atoms with Gasteiger partial charge in [-0.1, -0.05) is 6.07 Å². The van der Waals surface area contributed by atoms with Crippen LogP contribution in [0.5, 0.6) is 11.5 Å². The fraction of sp³-hybridized carbons (Fsp3) is 0.267. The number of ether oxygens (including phenoxy) is 2. The molecular formula is C15H17NO3. The summed E-state index contributed by atoms with van der Waals surface area (Å²) in [4.78, 5) is 4.50. The summed E-state index contributed by atoms with van der Waals surface area (Å²) in [6.45, 7) is 1.87. The lowest BCUT2D eigenvalue weighted by atomic mass is 10.1. The number of methoxy groups -OCH3 is 2. The topological polar surface area (TPSA) is 51.6 Å². The molecule has 1 aromatic heterocycles. The van der Waals surface area contributed by atoms with Crippen LogP contribution in [-0.2, 0) is 6.61 Å². The number of benzene rings is 1. The van der Waals surface area contributed by atoms with Crippen molar-refractivity contribution in [3.8, 4) is 22.8 Å². The van der Waals surface area contributed by atoms with E-state index in [1.165, 1.54) is 0 Å². The maximum absolute atomic E-state index is 9.18. The van der Waals surface area contributed by atoms with E-state index in [1.54, 1.807) is 14.2 Å². The molecule has 100 valence electrons. The maximum Gasteiger partial charge on any atom is 0.128 e. The van der Waals surface area contributed by atoms with Crippen molar-refractivity contribution >= 4 is 0 Å². The molecular weight excluding hydrogens is 242 g/mol. The molecule has 0 aliphatic rings. The van der Waals surface area contributed by atoms with Crippen molar-refractivity contribution in [3.63, 3.8) is 0 Å². The number of aliphatic hydroxyl groups is 1. The van der Waals surface area contributed by atoms with Gasteiger partial charge < -0.3 is 14.6 Å². The fourth-order valence-electron chi connectivity index (χ4n) is 1.92. The van der Waals surface area contributed by atoms with Gasteiger partial charge in [0.15, 0.2) is 0 Å². The van der Waals surface area contributed by atoms with Gasteiger partial charge in [0.25, 0.3) is 0 Å². The van der Waals surface area contributed by atoms with Crippen molar-refractivity contribution in [1.29, 1.82) is 0 Å². The Morgan fingerprint density at radius 3 is 2.47 bits per heavy atom. The van der Waals surface area contributed by atoms with Gasteiger partial charge in [-0.3, -0.25) is 4.98 Å². The Hall–Kier alpha value is -2.07. The van der Waals surface area contributed by atoms with E-state index < -0.39 is 0 Å². The molecule has 0 bridgehead atoms. The van der Waals surface area contributed by atoms with Crippen LogP contribution in [0.2, 0.25) is 0 Å². The zero-order chi connectivity index (χ0) is 13.8. The van der Waals surface area contributed by atoms with E-state index in [0.29, 0.717) is 0 Å². The number of nitrogens with zero attached hydrogens (tertiary/aromatic N) is 1. The minimum Gasteiger partial charge on any atom is -0.497 e. The molecule has 0 amide bonds. The zero-order valence-electron chi connectivity index (χ0n) is 11.3. The number of hydrogen-bond donors (Lipinski definition) is 1. The summed E-state index contributed by atoms with van der Waals surface area (Å²) in [5, 5.41) is 9.18. The molecule has 4 nitrogen and oxygen atoms in total. The summed E-state index contributed by atoms with van der Waals surface area (Å²) in [6.07, 6.45) is 0. The molecule has 2 rings (SSSR count). The minimum absolute atomic E-state index is 0.00560. The molecule has 0 spiro atoms. The van der Waals surface area contributed by atoms with Crippen molar-refractivity contribution in [2.24, 2.45) is 0 Å². The van der Waals surface area contributed by atoms with Gasteiger partial charge in [-0.2, -0.15) is 0 Å². The first-order valence-electron chi connectivity index (χ1n) is 5.99. The quantitative estimate of drug-likeness (QED) is 0.916. The number of aromatic nitrogens is 1.